The van der Waals surface area contributed by atoms with Gasteiger partial charge in [-0.05, 0) is 24.6 Å². The Bertz CT molecular complexity index is 374. The van der Waals surface area contributed by atoms with Crippen molar-refractivity contribution in [3.8, 4) is 5.75 Å². The Balaban J connectivity index is 2.71. The van der Waals surface area contributed by atoms with Crippen molar-refractivity contribution in [2.45, 2.75) is 19.3 Å². The van der Waals surface area contributed by atoms with E-state index in [1.807, 2.05) is 0 Å². The highest BCUT2D eigenvalue weighted by Gasteiger charge is 2.40. The van der Waals surface area contributed by atoms with E-state index in [-0.39, 0.29) is 6.61 Å². The fourth-order valence-corrected chi connectivity index (χ4v) is 1.31. The third-order valence-corrected chi connectivity index (χ3v) is 2.16. The number of halogens is 2. The molecule has 0 saturated heterocycles. The van der Waals surface area contributed by atoms with Gasteiger partial charge in [0.2, 0.25) is 0 Å². The molecule has 1 rings (SSSR count). The zero-order valence-corrected chi connectivity index (χ0v) is 9.70. The number of rotatable bonds is 5. The molecule has 0 saturated carbocycles. The van der Waals surface area contributed by atoms with Crippen molar-refractivity contribution in [2.24, 2.45) is 0 Å². The van der Waals surface area contributed by atoms with Crippen LogP contribution in [0.25, 0.3) is 0 Å². The number of ether oxygens (including phenoxy) is 2. The average molecular weight is 244 g/mol. The first-order valence-corrected chi connectivity index (χ1v) is 5.17. The molecule has 0 atom stereocenters. The summed E-state index contributed by atoms with van der Waals surface area (Å²) in [5.74, 6) is -4.41. The van der Waals surface area contributed by atoms with Gasteiger partial charge < -0.3 is 9.47 Å². The fraction of sp³-hybridized carbons (Fsp3) is 0.417. The van der Waals surface area contributed by atoms with Crippen LogP contribution in [0.1, 0.15) is 12.5 Å². The first-order chi connectivity index (χ1) is 7.99. The van der Waals surface area contributed by atoms with Crippen LogP contribution in [0.5, 0.6) is 5.75 Å². The van der Waals surface area contributed by atoms with Crippen LogP contribution < -0.4 is 4.74 Å². The molecule has 5 heteroatoms. The van der Waals surface area contributed by atoms with Gasteiger partial charge in [-0.3, -0.25) is 0 Å². The van der Waals surface area contributed by atoms with Gasteiger partial charge >= 0.3 is 11.9 Å². The normalized spacial score (nSPS) is 11.1. The number of benzene rings is 1. The highest BCUT2D eigenvalue weighted by Crippen LogP contribution is 2.23. The maximum Gasteiger partial charge on any atom is 0.377 e. The van der Waals surface area contributed by atoms with Crippen LogP contribution >= 0.6 is 0 Å². The summed E-state index contributed by atoms with van der Waals surface area (Å²) < 4.78 is 35.9. The lowest BCUT2D eigenvalue weighted by atomic mass is 10.1. The molecule has 0 aliphatic carbocycles. The van der Waals surface area contributed by atoms with Gasteiger partial charge in [0.15, 0.2) is 0 Å². The summed E-state index contributed by atoms with van der Waals surface area (Å²) in [5, 5.41) is 0. The van der Waals surface area contributed by atoms with E-state index in [0.29, 0.717) is 11.3 Å². The van der Waals surface area contributed by atoms with E-state index in [9.17, 15) is 13.6 Å². The first-order valence-electron chi connectivity index (χ1n) is 5.17. The molecule has 0 N–H and O–H groups in total. The molecule has 1 aromatic rings. The van der Waals surface area contributed by atoms with Gasteiger partial charge in [0.25, 0.3) is 0 Å². The van der Waals surface area contributed by atoms with Gasteiger partial charge in [-0.25, -0.2) is 4.79 Å². The Kier molecular flexibility index (Phi) is 4.43. The molecule has 0 aliphatic heterocycles. The minimum Gasteiger partial charge on any atom is -0.497 e. The standard InChI is InChI=1S/C12H14F2O3/c1-3-17-11(15)12(13,14)8-9-4-6-10(16-2)7-5-9/h4-7H,3,8H2,1-2H3. The highest BCUT2D eigenvalue weighted by molar-refractivity contribution is 5.77. The molecule has 0 amide bonds. The van der Waals surface area contributed by atoms with Crippen molar-refractivity contribution in [2.75, 3.05) is 13.7 Å². The third-order valence-electron chi connectivity index (χ3n) is 2.16. The van der Waals surface area contributed by atoms with E-state index < -0.39 is 18.3 Å². The van der Waals surface area contributed by atoms with Gasteiger partial charge in [0.05, 0.1) is 13.7 Å². The van der Waals surface area contributed by atoms with Crippen LogP contribution in [-0.2, 0) is 16.0 Å². The molecule has 0 aliphatic rings. The second kappa shape index (κ2) is 5.61. The molecule has 0 bridgehead atoms. The Hall–Kier alpha value is -1.65. The van der Waals surface area contributed by atoms with Crippen molar-refractivity contribution >= 4 is 5.97 Å². The summed E-state index contributed by atoms with van der Waals surface area (Å²) in [6, 6.07) is 6.12. The van der Waals surface area contributed by atoms with Crippen molar-refractivity contribution < 1.29 is 23.0 Å². The van der Waals surface area contributed by atoms with Gasteiger partial charge in [-0.1, -0.05) is 12.1 Å². The van der Waals surface area contributed by atoms with Crippen molar-refractivity contribution in [1.29, 1.82) is 0 Å². The molecule has 0 spiro atoms. The van der Waals surface area contributed by atoms with Crippen molar-refractivity contribution in [3.63, 3.8) is 0 Å². The molecule has 0 aromatic heterocycles. The van der Waals surface area contributed by atoms with Gasteiger partial charge in [-0.15, -0.1) is 0 Å². The summed E-state index contributed by atoms with van der Waals surface area (Å²) >= 11 is 0. The third kappa shape index (κ3) is 3.69. The number of alkyl halides is 2. The van der Waals surface area contributed by atoms with Crippen molar-refractivity contribution in [1.82, 2.24) is 0 Å². The molecule has 0 unspecified atom stereocenters. The minimum absolute atomic E-state index is 0.0585. The molecular formula is C12H14F2O3. The number of carbonyl (C=O) groups excluding carboxylic acids is 1. The average Bonchev–Trinajstić information content (AvgIpc) is 2.30. The van der Waals surface area contributed by atoms with Gasteiger partial charge in [0, 0.05) is 6.42 Å². The Labute approximate surface area is 98.3 Å². The van der Waals surface area contributed by atoms with E-state index in [0.717, 1.165) is 0 Å². The second-order valence-electron chi connectivity index (χ2n) is 3.45. The topological polar surface area (TPSA) is 35.5 Å². The molecule has 17 heavy (non-hydrogen) atoms. The van der Waals surface area contributed by atoms with Crippen LogP contribution in [0.15, 0.2) is 24.3 Å². The fourth-order valence-electron chi connectivity index (χ4n) is 1.31. The monoisotopic (exact) mass is 244 g/mol. The molecule has 0 radical (unpaired) electrons. The smallest absolute Gasteiger partial charge is 0.377 e. The number of methoxy groups -OCH3 is 1. The SMILES string of the molecule is CCOC(=O)C(F)(F)Cc1ccc(OC)cc1. The van der Waals surface area contributed by atoms with Gasteiger partial charge in [-0.2, -0.15) is 8.78 Å². The summed E-state index contributed by atoms with van der Waals surface area (Å²) in [6.07, 6.45) is -0.671. The summed E-state index contributed by atoms with van der Waals surface area (Å²) in [4.78, 5) is 11.0. The lowest BCUT2D eigenvalue weighted by Gasteiger charge is -2.14. The van der Waals surface area contributed by atoms with E-state index in [4.69, 9.17) is 4.74 Å². The largest absolute Gasteiger partial charge is 0.497 e. The summed E-state index contributed by atoms with van der Waals surface area (Å²) in [6.45, 7) is 1.43. The maximum absolute atomic E-state index is 13.4. The van der Waals surface area contributed by atoms with Crippen LogP contribution in [0.2, 0.25) is 0 Å². The Morgan fingerprint density at radius 1 is 1.29 bits per heavy atom. The van der Waals surface area contributed by atoms with Gasteiger partial charge in [0.1, 0.15) is 5.75 Å². The molecule has 94 valence electrons. The number of hydrogen-bond acceptors (Lipinski definition) is 3. The number of carbonyl (C=O) groups is 1. The lowest BCUT2D eigenvalue weighted by molar-refractivity contribution is -0.171. The quantitative estimate of drug-likeness (QED) is 0.746. The zero-order valence-electron chi connectivity index (χ0n) is 9.70. The second-order valence-corrected chi connectivity index (χ2v) is 3.45. The number of hydrogen-bond donors (Lipinski definition) is 0. The van der Waals surface area contributed by atoms with Crippen LogP contribution in [0, 0.1) is 0 Å². The predicted octanol–water partition coefficient (Wildman–Crippen LogP) is 2.44. The van der Waals surface area contributed by atoms with E-state index in [2.05, 4.69) is 4.74 Å². The van der Waals surface area contributed by atoms with Crippen LogP contribution in [0.3, 0.4) is 0 Å². The summed E-state index contributed by atoms with van der Waals surface area (Å²) in [7, 11) is 1.49. The molecule has 0 fully saturated rings. The molecular weight excluding hydrogens is 230 g/mol. The van der Waals surface area contributed by atoms with Crippen LogP contribution in [0.4, 0.5) is 8.78 Å². The van der Waals surface area contributed by atoms with E-state index in [1.54, 1.807) is 12.1 Å². The first kappa shape index (κ1) is 13.4. The lowest BCUT2D eigenvalue weighted by Crippen LogP contribution is -2.33. The Morgan fingerprint density at radius 2 is 1.88 bits per heavy atom. The molecule has 1 aromatic carbocycles. The zero-order chi connectivity index (χ0) is 12.9. The highest BCUT2D eigenvalue weighted by atomic mass is 19.3. The molecule has 0 heterocycles. The summed E-state index contributed by atoms with van der Waals surface area (Å²) in [5.41, 5.74) is 0.351. The molecule has 3 nitrogen and oxygen atoms in total. The minimum atomic E-state index is -3.50. The predicted molar refractivity (Wildman–Crippen MR) is 58.3 cm³/mol. The Morgan fingerprint density at radius 3 is 2.35 bits per heavy atom. The van der Waals surface area contributed by atoms with E-state index in [1.165, 1.54) is 26.2 Å². The van der Waals surface area contributed by atoms with E-state index >= 15 is 0 Å². The van der Waals surface area contributed by atoms with Crippen LogP contribution in [-0.4, -0.2) is 25.6 Å². The van der Waals surface area contributed by atoms with Crippen molar-refractivity contribution in [3.05, 3.63) is 29.8 Å². The maximum atomic E-state index is 13.4. The number of esters is 1.